The summed E-state index contributed by atoms with van der Waals surface area (Å²) in [6.07, 6.45) is 0. The second-order valence-corrected chi connectivity index (χ2v) is 8.66. The Morgan fingerprint density at radius 1 is 1.15 bits per heavy atom. The maximum atomic E-state index is 12.6. The van der Waals surface area contributed by atoms with Crippen molar-refractivity contribution in [2.24, 2.45) is 5.14 Å². The number of aromatic nitrogens is 2. The average Bonchev–Trinajstić information content (AvgIpc) is 2.84. The Labute approximate surface area is 155 Å². The predicted octanol–water partition coefficient (Wildman–Crippen LogP) is 2.66. The number of thiophene rings is 1. The number of nitrogens with zero attached hydrogens (tertiary/aromatic N) is 2. The third-order valence-electron chi connectivity index (χ3n) is 3.87. The number of benzene rings is 1. The monoisotopic (exact) mass is 390 g/mol. The summed E-state index contributed by atoms with van der Waals surface area (Å²) in [4.78, 5) is 22.8. The fourth-order valence-electron chi connectivity index (χ4n) is 2.79. The first-order valence-electron chi connectivity index (χ1n) is 7.79. The highest BCUT2D eigenvalue weighted by molar-refractivity contribution is 7.88. The van der Waals surface area contributed by atoms with Crippen LogP contribution < -0.4 is 10.5 Å². The number of rotatable bonds is 4. The molecule has 7 nitrogen and oxygen atoms in total. The normalized spacial score (nSPS) is 11.7. The Kier molecular flexibility index (Phi) is 4.78. The summed E-state index contributed by atoms with van der Waals surface area (Å²) in [5, 5.41) is 8.77. The number of amides is 1. The van der Waals surface area contributed by atoms with E-state index in [0.717, 1.165) is 21.5 Å². The number of carbonyl (C=O) groups excluding carboxylic acids is 1. The zero-order chi connectivity index (χ0) is 19.1. The molecule has 0 aliphatic carbocycles. The zero-order valence-corrected chi connectivity index (χ0v) is 16.2. The van der Waals surface area contributed by atoms with Crippen LogP contribution in [0.3, 0.4) is 0 Å². The SMILES string of the molecule is Cc1nc(C)c2c(C)c(C(=O)Nc3ccc(CS(N)(=O)=O)cc3)sc2n1. The fraction of sp³-hybridized carbons (Fsp3) is 0.235. The number of anilines is 1. The molecular formula is C17H18N4O3S2. The molecule has 3 aromatic rings. The molecule has 0 aliphatic rings. The second-order valence-electron chi connectivity index (χ2n) is 6.05. The van der Waals surface area contributed by atoms with Gasteiger partial charge in [-0.05, 0) is 44.0 Å². The van der Waals surface area contributed by atoms with Crippen molar-refractivity contribution in [3.63, 3.8) is 0 Å². The van der Waals surface area contributed by atoms with Crippen molar-refractivity contribution < 1.29 is 13.2 Å². The van der Waals surface area contributed by atoms with Crippen molar-refractivity contribution in [2.75, 3.05) is 5.32 Å². The highest BCUT2D eigenvalue weighted by atomic mass is 32.2. The van der Waals surface area contributed by atoms with Gasteiger partial charge in [0.1, 0.15) is 10.7 Å². The van der Waals surface area contributed by atoms with Gasteiger partial charge in [0.05, 0.1) is 10.6 Å². The van der Waals surface area contributed by atoms with E-state index < -0.39 is 10.0 Å². The van der Waals surface area contributed by atoms with E-state index in [1.54, 1.807) is 24.3 Å². The molecule has 0 unspecified atom stereocenters. The van der Waals surface area contributed by atoms with Crippen LogP contribution in [0, 0.1) is 20.8 Å². The molecule has 9 heteroatoms. The molecular weight excluding hydrogens is 372 g/mol. The van der Waals surface area contributed by atoms with Crippen molar-refractivity contribution in [2.45, 2.75) is 26.5 Å². The van der Waals surface area contributed by atoms with Crippen molar-refractivity contribution in [3.8, 4) is 0 Å². The van der Waals surface area contributed by atoms with Crippen LogP contribution in [0.25, 0.3) is 10.2 Å². The van der Waals surface area contributed by atoms with Gasteiger partial charge in [-0.3, -0.25) is 4.79 Å². The zero-order valence-electron chi connectivity index (χ0n) is 14.5. The lowest BCUT2D eigenvalue weighted by Crippen LogP contribution is -2.14. The minimum atomic E-state index is -3.58. The Hall–Kier alpha value is -2.36. The molecule has 3 rings (SSSR count). The van der Waals surface area contributed by atoms with Crippen LogP contribution in [0.2, 0.25) is 0 Å². The largest absolute Gasteiger partial charge is 0.321 e. The maximum absolute atomic E-state index is 12.6. The molecule has 0 saturated carbocycles. The topological polar surface area (TPSA) is 115 Å². The lowest BCUT2D eigenvalue weighted by Gasteiger charge is -2.06. The third kappa shape index (κ3) is 3.90. The van der Waals surface area contributed by atoms with Gasteiger partial charge < -0.3 is 5.32 Å². The Morgan fingerprint density at radius 3 is 2.42 bits per heavy atom. The third-order valence-corrected chi connectivity index (χ3v) is 5.79. The van der Waals surface area contributed by atoms with Crippen LogP contribution >= 0.6 is 11.3 Å². The van der Waals surface area contributed by atoms with Gasteiger partial charge in [-0.1, -0.05) is 12.1 Å². The summed E-state index contributed by atoms with van der Waals surface area (Å²) in [5.41, 5.74) is 2.84. The number of hydrogen-bond donors (Lipinski definition) is 2. The van der Waals surface area contributed by atoms with Crippen molar-refractivity contribution in [3.05, 3.63) is 51.8 Å². The Morgan fingerprint density at radius 2 is 1.81 bits per heavy atom. The lowest BCUT2D eigenvalue weighted by molar-refractivity contribution is 0.103. The van der Waals surface area contributed by atoms with E-state index in [-0.39, 0.29) is 11.7 Å². The molecule has 0 spiro atoms. The molecule has 0 fully saturated rings. The second kappa shape index (κ2) is 6.75. The van der Waals surface area contributed by atoms with Crippen molar-refractivity contribution in [1.82, 2.24) is 9.97 Å². The van der Waals surface area contributed by atoms with E-state index in [9.17, 15) is 13.2 Å². The van der Waals surface area contributed by atoms with Gasteiger partial charge >= 0.3 is 0 Å². The van der Waals surface area contributed by atoms with Gasteiger partial charge in [-0.15, -0.1) is 11.3 Å². The van der Waals surface area contributed by atoms with E-state index in [4.69, 9.17) is 5.14 Å². The standard InChI is InChI=1S/C17H18N4O3S2/c1-9-14-10(2)19-11(3)20-17(14)25-15(9)16(22)21-13-6-4-12(5-7-13)8-26(18,23)24/h4-7H,8H2,1-3H3,(H,21,22)(H2,18,23,24). The number of primary sulfonamides is 1. The number of nitrogens with two attached hydrogens (primary N) is 1. The predicted molar refractivity (Wildman–Crippen MR) is 103 cm³/mol. The van der Waals surface area contributed by atoms with Gasteiger partial charge in [-0.2, -0.15) is 0 Å². The first-order chi connectivity index (χ1) is 12.1. The summed E-state index contributed by atoms with van der Waals surface area (Å²) in [6, 6.07) is 6.54. The molecule has 2 aromatic heterocycles. The summed E-state index contributed by atoms with van der Waals surface area (Å²) < 4.78 is 22.2. The first-order valence-corrected chi connectivity index (χ1v) is 10.3. The molecule has 26 heavy (non-hydrogen) atoms. The molecule has 0 bridgehead atoms. The highest BCUT2D eigenvalue weighted by Gasteiger charge is 2.19. The molecule has 0 aliphatic heterocycles. The first kappa shape index (κ1) is 18.4. The molecule has 2 heterocycles. The summed E-state index contributed by atoms with van der Waals surface area (Å²) in [7, 11) is -3.58. The fourth-order valence-corrected chi connectivity index (χ4v) is 4.62. The summed E-state index contributed by atoms with van der Waals surface area (Å²) in [5.74, 6) is 0.198. The maximum Gasteiger partial charge on any atom is 0.266 e. The van der Waals surface area contributed by atoms with Crippen LogP contribution in [0.4, 0.5) is 5.69 Å². The van der Waals surface area contributed by atoms with Gasteiger partial charge in [-0.25, -0.2) is 23.5 Å². The molecule has 1 aromatic carbocycles. The number of hydrogen-bond acceptors (Lipinski definition) is 6. The van der Waals surface area contributed by atoms with Gasteiger partial charge in [0.2, 0.25) is 10.0 Å². The number of carbonyl (C=O) groups is 1. The molecule has 3 N–H and O–H groups in total. The molecule has 0 atom stereocenters. The van der Waals surface area contributed by atoms with Crippen LogP contribution in [0.1, 0.15) is 32.3 Å². The summed E-state index contributed by atoms with van der Waals surface area (Å²) >= 11 is 1.33. The lowest BCUT2D eigenvalue weighted by atomic mass is 10.1. The number of sulfonamides is 1. The minimum absolute atomic E-state index is 0.234. The number of fused-ring (bicyclic) bond motifs is 1. The van der Waals surface area contributed by atoms with E-state index in [0.29, 0.717) is 22.0 Å². The Balaban J connectivity index is 1.85. The van der Waals surface area contributed by atoms with Crippen LogP contribution in [-0.2, 0) is 15.8 Å². The molecule has 0 radical (unpaired) electrons. The highest BCUT2D eigenvalue weighted by Crippen LogP contribution is 2.31. The van der Waals surface area contributed by atoms with E-state index >= 15 is 0 Å². The van der Waals surface area contributed by atoms with Gasteiger partial charge in [0.15, 0.2) is 0 Å². The van der Waals surface area contributed by atoms with Gasteiger partial charge in [0.25, 0.3) is 5.91 Å². The molecule has 0 saturated heterocycles. The van der Waals surface area contributed by atoms with E-state index in [2.05, 4.69) is 15.3 Å². The minimum Gasteiger partial charge on any atom is -0.321 e. The quantitative estimate of drug-likeness (QED) is 0.711. The molecule has 1 amide bonds. The molecule has 136 valence electrons. The van der Waals surface area contributed by atoms with E-state index in [1.165, 1.54) is 11.3 Å². The van der Waals surface area contributed by atoms with E-state index in [1.807, 2.05) is 20.8 Å². The van der Waals surface area contributed by atoms with Gasteiger partial charge in [0, 0.05) is 16.8 Å². The summed E-state index contributed by atoms with van der Waals surface area (Å²) in [6.45, 7) is 5.61. The van der Waals surface area contributed by atoms with Crippen LogP contribution in [0.5, 0.6) is 0 Å². The van der Waals surface area contributed by atoms with Crippen molar-refractivity contribution >= 4 is 43.2 Å². The van der Waals surface area contributed by atoms with Crippen LogP contribution in [-0.4, -0.2) is 24.3 Å². The number of nitrogens with one attached hydrogen (secondary N) is 1. The van der Waals surface area contributed by atoms with Crippen molar-refractivity contribution in [1.29, 1.82) is 0 Å². The average molecular weight is 390 g/mol. The number of aryl methyl sites for hydroxylation is 3. The smallest absolute Gasteiger partial charge is 0.266 e. The Bertz CT molecular complexity index is 1100. The van der Waals surface area contributed by atoms with Crippen LogP contribution in [0.15, 0.2) is 24.3 Å².